The highest BCUT2D eigenvalue weighted by molar-refractivity contribution is 9.10. The van der Waals surface area contributed by atoms with E-state index in [1.807, 2.05) is 6.08 Å². The highest BCUT2D eigenvalue weighted by atomic mass is 79.9. The molecule has 1 aromatic rings. The zero-order valence-electron chi connectivity index (χ0n) is 8.49. The van der Waals surface area contributed by atoms with Gasteiger partial charge in [0, 0.05) is 25.1 Å². The van der Waals surface area contributed by atoms with Crippen LogP contribution < -0.4 is 4.90 Å². The molecule has 0 aliphatic carbocycles. The van der Waals surface area contributed by atoms with E-state index in [0.717, 1.165) is 5.69 Å². The van der Waals surface area contributed by atoms with Crippen LogP contribution in [-0.2, 0) is 4.79 Å². The number of aromatic nitrogens is 1. The SMILES string of the molecule is C=CC1CC(=O)N(c2cc(Cl)cnc2Br)C1. The van der Waals surface area contributed by atoms with Crippen LogP contribution in [0.5, 0.6) is 0 Å². The fourth-order valence-electron chi connectivity index (χ4n) is 1.73. The highest BCUT2D eigenvalue weighted by Gasteiger charge is 2.30. The maximum Gasteiger partial charge on any atom is 0.227 e. The first kappa shape index (κ1) is 11.6. The second kappa shape index (κ2) is 4.55. The lowest BCUT2D eigenvalue weighted by molar-refractivity contribution is -0.117. The van der Waals surface area contributed by atoms with Crippen LogP contribution in [0.2, 0.25) is 5.02 Å². The predicted molar refractivity (Wildman–Crippen MR) is 67.6 cm³/mol. The molecule has 0 spiro atoms. The average molecular weight is 302 g/mol. The zero-order valence-corrected chi connectivity index (χ0v) is 10.8. The van der Waals surface area contributed by atoms with Gasteiger partial charge < -0.3 is 4.90 Å². The normalized spacial score (nSPS) is 20.2. The third-order valence-corrected chi connectivity index (χ3v) is 3.38. The van der Waals surface area contributed by atoms with E-state index >= 15 is 0 Å². The number of rotatable bonds is 2. The maximum absolute atomic E-state index is 11.8. The first-order valence-corrected chi connectivity index (χ1v) is 6.03. The van der Waals surface area contributed by atoms with Gasteiger partial charge in [0.1, 0.15) is 4.60 Å². The second-order valence-electron chi connectivity index (χ2n) is 3.67. The summed E-state index contributed by atoms with van der Waals surface area (Å²) in [6.45, 7) is 4.35. The molecule has 0 aromatic carbocycles. The Morgan fingerprint density at radius 3 is 3.06 bits per heavy atom. The van der Waals surface area contributed by atoms with Crippen molar-refractivity contribution in [2.75, 3.05) is 11.4 Å². The first-order valence-electron chi connectivity index (χ1n) is 4.85. The Morgan fingerprint density at radius 2 is 2.44 bits per heavy atom. The number of hydrogen-bond acceptors (Lipinski definition) is 2. The van der Waals surface area contributed by atoms with E-state index in [-0.39, 0.29) is 11.8 Å². The number of nitrogens with zero attached hydrogens (tertiary/aromatic N) is 2. The Bertz CT molecular complexity index is 450. The van der Waals surface area contributed by atoms with Crippen molar-refractivity contribution in [3.8, 4) is 0 Å². The van der Waals surface area contributed by atoms with Crippen LogP contribution in [0.25, 0.3) is 0 Å². The highest BCUT2D eigenvalue weighted by Crippen LogP contribution is 2.32. The van der Waals surface area contributed by atoms with Gasteiger partial charge in [0.2, 0.25) is 5.91 Å². The molecule has 1 atom stereocenters. The van der Waals surface area contributed by atoms with E-state index in [4.69, 9.17) is 11.6 Å². The molecule has 0 radical (unpaired) electrons. The number of hydrogen-bond donors (Lipinski definition) is 0. The van der Waals surface area contributed by atoms with E-state index in [1.54, 1.807) is 17.2 Å². The molecule has 84 valence electrons. The van der Waals surface area contributed by atoms with Gasteiger partial charge in [0.15, 0.2) is 0 Å². The van der Waals surface area contributed by atoms with Crippen molar-refractivity contribution in [2.45, 2.75) is 6.42 Å². The number of halogens is 2. The molecule has 5 heteroatoms. The third kappa shape index (κ3) is 2.13. The molecule has 0 bridgehead atoms. The van der Waals surface area contributed by atoms with Crippen molar-refractivity contribution in [1.29, 1.82) is 0 Å². The third-order valence-electron chi connectivity index (χ3n) is 2.57. The van der Waals surface area contributed by atoms with Crippen LogP contribution >= 0.6 is 27.5 Å². The topological polar surface area (TPSA) is 33.2 Å². The van der Waals surface area contributed by atoms with Crippen molar-refractivity contribution in [3.05, 3.63) is 34.5 Å². The fourth-order valence-corrected chi connectivity index (χ4v) is 2.31. The number of pyridine rings is 1. The molecule has 2 heterocycles. The van der Waals surface area contributed by atoms with E-state index in [9.17, 15) is 4.79 Å². The van der Waals surface area contributed by atoms with Gasteiger partial charge in [-0.25, -0.2) is 4.98 Å². The molecule has 1 amide bonds. The van der Waals surface area contributed by atoms with Crippen LogP contribution in [0.1, 0.15) is 6.42 Å². The Kier molecular flexibility index (Phi) is 3.30. The Morgan fingerprint density at radius 1 is 1.69 bits per heavy atom. The predicted octanol–water partition coefficient (Wildman–Crippen LogP) is 3.04. The number of carbonyl (C=O) groups excluding carboxylic acids is 1. The summed E-state index contributed by atoms with van der Waals surface area (Å²) in [6.07, 6.45) is 3.85. The van der Waals surface area contributed by atoms with Crippen LogP contribution in [0.15, 0.2) is 29.5 Å². The summed E-state index contributed by atoms with van der Waals surface area (Å²) in [5.74, 6) is 0.285. The Hall–Kier alpha value is -0.870. The van der Waals surface area contributed by atoms with E-state index < -0.39 is 0 Å². The monoisotopic (exact) mass is 300 g/mol. The molecule has 3 nitrogen and oxygen atoms in total. The molecule has 1 saturated heterocycles. The molecule has 1 aliphatic rings. The van der Waals surface area contributed by atoms with Crippen LogP contribution in [0, 0.1) is 5.92 Å². The molecule has 1 aromatic heterocycles. The van der Waals surface area contributed by atoms with Crippen LogP contribution in [-0.4, -0.2) is 17.4 Å². The molecular weight excluding hydrogens is 291 g/mol. The second-order valence-corrected chi connectivity index (χ2v) is 4.86. The minimum absolute atomic E-state index is 0.0784. The van der Waals surface area contributed by atoms with Gasteiger partial charge in [-0.15, -0.1) is 6.58 Å². The zero-order chi connectivity index (χ0) is 11.7. The lowest BCUT2D eigenvalue weighted by Crippen LogP contribution is -2.24. The van der Waals surface area contributed by atoms with Gasteiger partial charge in [-0.2, -0.15) is 0 Å². The standard InChI is InChI=1S/C11H10BrClN2O/c1-2-7-3-10(16)15(6-7)9-4-8(13)5-14-11(9)12/h2,4-5,7H,1,3,6H2. The van der Waals surface area contributed by atoms with Crippen LogP contribution in [0.4, 0.5) is 5.69 Å². The van der Waals surface area contributed by atoms with Crippen molar-refractivity contribution >= 4 is 39.1 Å². The van der Waals surface area contributed by atoms with Gasteiger partial charge in [-0.3, -0.25) is 4.79 Å². The molecule has 16 heavy (non-hydrogen) atoms. The minimum atomic E-state index is 0.0784. The summed E-state index contributed by atoms with van der Waals surface area (Å²) in [5, 5.41) is 0.521. The smallest absolute Gasteiger partial charge is 0.227 e. The molecular formula is C11H10BrClN2O. The summed E-state index contributed by atoms with van der Waals surface area (Å²) in [5.41, 5.74) is 0.724. The van der Waals surface area contributed by atoms with Crippen molar-refractivity contribution in [3.63, 3.8) is 0 Å². The number of anilines is 1. The van der Waals surface area contributed by atoms with E-state index in [2.05, 4.69) is 27.5 Å². The molecule has 2 rings (SSSR count). The fraction of sp³-hybridized carbons (Fsp3) is 0.273. The molecule has 1 fully saturated rings. The summed E-state index contributed by atoms with van der Waals surface area (Å²) in [7, 11) is 0. The quantitative estimate of drug-likeness (QED) is 0.621. The summed E-state index contributed by atoms with van der Waals surface area (Å²) < 4.78 is 0.634. The summed E-state index contributed by atoms with van der Waals surface area (Å²) in [4.78, 5) is 17.6. The van der Waals surface area contributed by atoms with Gasteiger partial charge in [0.25, 0.3) is 0 Å². The van der Waals surface area contributed by atoms with E-state index in [0.29, 0.717) is 22.6 Å². The first-order chi connectivity index (χ1) is 7.61. The van der Waals surface area contributed by atoms with E-state index in [1.165, 1.54) is 0 Å². The molecule has 0 saturated carbocycles. The van der Waals surface area contributed by atoms with Crippen molar-refractivity contribution in [1.82, 2.24) is 4.98 Å². The number of amides is 1. The number of carbonyl (C=O) groups is 1. The largest absolute Gasteiger partial charge is 0.309 e. The average Bonchev–Trinajstić information content (AvgIpc) is 2.63. The summed E-state index contributed by atoms with van der Waals surface area (Å²) >= 11 is 9.19. The van der Waals surface area contributed by atoms with Gasteiger partial charge in [0.05, 0.1) is 10.7 Å². The maximum atomic E-state index is 11.8. The van der Waals surface area contributed by atoms with Crippen molar-refractivity contribution in [2.24, 2.45) is 5.92 Å². The molecule has 1 aliphatic heterocycles. The lowest BCUT2D eigenvalue weighted by Gasteiger charge is -2.17. The van der Waals surface area contributed by atoms with Gasteiger partial charge >= 0.3 is 0 Å². The lowest BCUT2D eigenvalue weighted by atomic mass is 10.1. The Balaban J connectivity index is 2.34. The molecule has 1 unspecified atom stereocenters. The van der Waals surface area contributed by atoms with Crippen molar-refractivity contribution < 1.29 is 4.79 Å². The Labute approximate surface area is 107 Å². The minimum Gasteiger partial charge on any atom is -0.309 e. The van der Waals surface area contributed by atoms with Gasteiger partial charge in [-0.1, -0.05) is 17.7 Å². The van der Waals surface area contributed by atoms with Crippen LogP contribution in [0.3, 0.4) is 0 Å². The molecule has 0 N–H and O–H groups in total. The summed E-state index contributed by atoms with van der Waals surface area (Å²) in [6, 6.07) is 1.74. The van der Waals surface area contributed by atoms with Gasteiger partial charge in [-0.05, 0) is 22.0 Å².